The fraction of sp³-hybridized carbons (Fsp3) is 0. The lowest BCUT2D eigenvalue weighted by molar-refractivity contribution is 1.13. The second kappa shape index (κ2) is 10.5. The van der Waals surface area contributed by atoms with E-state index in [9.17, 15) is 0 Å². The number of benzene rings is 7. The van der Waals surface area contributed by atoms with Crippen LogP contribution in [-0.4, -0.2) is 4.57 Å². The summed E-state index contributed by atoms with van der Waals surface area (Å²) >= 11 is 1.86. The Bertz CT molecular complexity index is 2480. The lowest BCUT2D eigenvalue weighted by Crippen LogP contribution is -2.09. The lowest BCUT2D eigenvalue weighted by atomic mass is 10.0. The molecule has 0 fully saturated rings. The molecule has 0 aliphatic rings. The fourth-order valence-electron chi connectivity index (χ4n) is 6.54. The van der Waals surface area contributed by atoms with Crippen molar-refractivity contribution in [2.24, 2.45) is 0 Å². The van der Waals surface area contributed by atoms with Crippen LogP contribution in [0.5, 0.6) is 0 Å². The third kappa shape index (κ3) is 4.48. The molecule has 9 aromatic rings. The van der Waals surface area contributed by atoms with Crippen molar-refractivity contribution in [1.82, 2.24) is 4.57 Å². The highest BCUT2D eigenvalue weighted by Crippen LogP contribution is 2.41. The van der Waals surface area contributed by atoms with Crippen LogP contribution in [0.4, 0.5) is 17.1 Å². The second-order valence-electron chi connectivity index (χ2n) is 11.5. The monoisotopic (exact) mass is 592 g/mol. The first kappa shape index (κ1) is 25.8. The standard InChI is InChI=1S/C42H28N2S/c1-2-9-33-27-36(22-17-29(33)7-1)44(37-23-24-42-39(28-37)38-10-4-6-12-41(38)45-42)35-20-15-31(16-21-35)30-13-18-34(19-14-30)43-26-25-32-8-3-5-11-40(32)43/h1-28H. The summed E-state index contributed by atoms with van der Waals surface area (Å²) < 4.78 is 4.88. The van der Waals surface area contributed by atoms with Crippen LogP contribution in [0.15, 0.2) is 170 Å². The molecule has 0 N–H and O–H groups in total. The number of aromatic nitrogens is 1. The lowest BCUT2D eigenvalue weighted by Gasteiger charge is -2.26. The summed E-state index contributed by atoms with van der Waals surface area (Å²) in [7, 11) is 0. The Morgan fingerprint density at radius 1 is 0.422 bits per heavy atom. The zero-order chi connectivity index (χ0) is 29.7. The highest BCUT2D eigenvalue weighted by atomic mass is 32.1. The molecule has 0 saturated heterocycles. The minimum Gasteiger partial charge on any atom is -0.317 e. The van der Waals surface area contributed by atoms with E-state index in [1.165, 1.54) is 53.0 Å². The van der Waals surface area contributed by atoms with Gasteiger partial charge in [-0.2, -0.15) is 0 Å². The average molecular weight is 593 g/mol. The van der Waals surface area contributed by atoms with Gasteiger partial charge in [0.2, 0.25) is 0 Å². The molecule has 0 spiro atoms. The van der Waals surface area contributed by atoms with Crippen LogP contribution in [0, 0.1) is 0 Å². The second-order valence-corrected chi connectivity index (χ2v) is 12.6. The summed E-state index contributed by atoms with van der Waals surface area (Å²) in [5.74, 6) is 0. The predicted octanol–water partition coefficient (Wildman–Crippen LogP) is 12.3. The molecule has 9 rings (SSSR count). The molecular weight excluding hydrogens is 565 g/mol. The van der Waals surface area contributed by atoms with Crippen molar-refractivity contribution in [3.8, 4) is 16.8 Å². The van der Waals surface area contributed by atoms with Crippen LogP contribution in [0.1, 0.15) is 0 Å². The Morgan fingerprint density at radius 2 is 1.04 bits per heavy atom. The molecule has 0 aliphatic carbocycles. The van der Waals surface area contributed by atoms with Crippen LogP contribution in [0.25, 0.3) is 58.7 Å². The van der Waals surface area contributed by atoms with Crippen molar-refractivity contribution < 1.29 is 0 Å². The molecule has 0 saturated carbocycles. The Morgan fingerprint density at radius 3 is 1.89 bits per heavy atom. The van der Waals surface area contributed by atoms with Crippen LogP contribution >= 0.6 is 11.3 Å². The predicted molar refractivity (Wildman–Crippen MR) is 194 cm³/mol. The highest BCUT2D eigenvalue weighted by molar-refractivity contribution is 7.25. The molecule has 0 unspecified atom stereocenters. The summed E-state index contributed by atoms with van der Waals surface area (Å²) in [5.41, 5.74) is 8.20. The maximum Gasteiger partial charge on any atom is 0.0528 e. The molecule has 0 aliphatic heterocycles. The van der Waals surface area contributed by atoms with E-state index in [-0.39, 0.29) is 0 Å². The first-order valence-corrected chi connectivity index (χ1v) is 16.1. The molecule has 2 heterocycles. The first-order chi connectivity index (χ1) is 22.3. The number of fused-ring (bicyclic) bond motifs is 5. The Labute approximate surface area is 265 Å². The number of anilines is 3. The van der Waals surface area contributed by atoms with Crippen LogP contribution in [0.2, 0.25) is 0 Å². The molecule has 7 aromatic carbocycles. The number of para-hydroxylation sites is 1. The largest absolute Gasteiger partial charge is 0.317 e. The van der Waals surface area contributed by atoms with E-state index in [4.69, 9.17) is 0 Å². The van der Waals surface area contributed by atoms with E-state index in [1.54, 1.807) is 0 Å². The van der Waals surface area contributed by atoms with Crippen LogP contribution in [-0.2, 0) is 0 Å². The molecule has 45 heavy (non-hydrogen) atoms. The van der Waals surface area contributed by atoms with Gasteiger partial charge in [0.15, 0.2) is 0 Å². The van der Waals surface area contributed by atoms with E-state index in [0.717, 1.165) is 22.7 Å². The third-order valence-corrected chi connectivity index (χ3v) is 9.97. The summed E-state index contributed by atoms with van der Waals surface area (Å²) in [4.78, 5) is 2.38. The average Bonchev–Trinajstić information content (AvgIpc) is 3.70. The van der Waals surface area contributed by atoms with Crippen molar-refractivity contribution in [3.63, 3.8) is 0 Å². The van der Waals surface area contributed by atoms with Gasteiger partial charge >= 0.3 is 0 Å². The Kier molecular flexibility index (Phi) is 6.03. The molecule has 0 radical (unpaired) electrons. The number of hydrogen-bond donors (Lipinski definition) is 0. The van der Waals surface area contributed by atoms with Crippen molar-refractivity contribution in [3.05, 3.63) is 170 Å². The summed E-state index contributed by atoms with van der Waals surface area (Å²) in [5, 5.41) is 6.33. The molecule has 2 aromatic heterocycles. The minimum absolute atomic E-state index is 1.13. The molecule has 0 bridgehead atoms. The van der Waals surface area contributed by atoms with Gasteiger partial charge in [-0.3, -0.25) is 0 Å². The van der Waals surface area contributed by atoms with E-state index in [2.05, 4.69) is 179 Å². The molecule has 212 valence electrons. The van der Waals surface area contributed by atoms with Crippen LogP contribution in [0.3, 0.4) is 0 Å². The van der Waals surface area contributed by atoms with E-state index in [1.807, 2.05) is 11.3 Å². The first-order valence-electron chi connectivity index (χ1n) is 15.3. The normalized spacial score (nSPS) is 11.6. The summed E-state index contributed by atoms with van der Waals surface area (Å²) in [6.07, 6.45) is 2.14. The summed E-state index contributed by atoms with van der Waals surface area (Å²) in [6.45, 7) is 0. The zero-order valence-electron chi connectivity index (χ0n) is 24.5. The van der Waals surface area contributed by atoms with Gasteiger partial charge < -0.3 is 9.47 Å². The van der Waals surface area contributed by atoms with Gasteiger partial charge in [0.1, 0.15) is 0 Å². The number of hydrogen-bond acceptors (Lipinski definition) is 2. The molecular formula is C42H28N2S. The number of nitrogens with zero attached hydrogens (tertiary/aromatic N) is 2. The maximum absolute atomic E-state index is 2.38. The SMILES string of the molecule is c1ccc2cc(N(c3ccc(-c4ccc(-n5ccc6ccccc65)cc4)cc3)c3ccc4sc5ccccc5c4c3)ccc2c1. The van der Waals surface area contributed by atoms with Crippen molar-refractivity contribution >= 4 is 70.2 Å². The quantitative estimate of drug-likeness (QED) is 0.193. The summed E-state index contributed by atoms with van der Waals surface area (Å²) in [6, 6.07) is 59.4. The molecule has 2 nitrogen and oxygen atoms in total. The number of rotatable bonds is 5. The van der Waals surface area contributed by atoms with Gasteiger partial charge in [-0.05, 0) is 100 Å². The van der Waals surface area contributed by atoms with Gasteiger partial charge in [0.25, 0.3) is 0 Å². The van der Waals surface area contributed by atoms with Crippen LogP contribution < -0.4 is 4.90 Å². The third-order valence-electron chi connectivity index (χ3n) is 8.81. The van der Waals surface area contributed by atoms with Gasteiger partial charge in [0.05, 0.1) is 5.52 Å². The highest BCUT2D eigenvalue weighted by Gasteiger charge is 2.16. The molecule has 0 atom stereocenters. The van der Waals surface area contributed by atoms with Crippen molar-refractivity contribution in [2.75, 3.05) is 4.90 Å². The Hall–Kier alpha value is -5.64. The van der Waals surface area contributed by atoms with Gasteiger partial charge in [-0.15, -0.1) is 11.3 Å². The smallest absolute Gasteiger partial charge is 0.0528 e. The molecule has 3 heteroatoms. The van der Waals surface area contributed by atoms with Gasteiger partial charge in [0, 0.05) is 49.1 Å². The van der Waals surface area contributed by atoms with Crippen molar-refractivity contribution in [2.45, 2.75) is 0 Å². The fourth-order valence-corrected chi connectivity index (χ4v) is 7.63. The maximum atomic E-state index is 2.38. The Balaban J connectivity index is 1.11. The zero-order valence-corrected chi connectivity index (χ0v) is 25.3. The van der Waals surface area contributed by atoms with E-state index in [0.29, 0.717) is 0 Å². The van der Waals surface area contributed by atoms with Gasteiger partial charge in [-0.1, -0.05) is 91.0 Å². The number of thiophene rings is 1. The molecule has 0 amide bonds. The minimum atomic E-state index is 1.13. The van der Waals surface area contributed by atoms with E-state index >= 15 is 0 Å². The van der Waals surface area contributed by atoms with Crippen molar-refractivity contribution in [1.29, 1.82) is 0 Å². The van der Waals surface area contributed by atoms with Gasteiger partial charge in [-0.25, -0.2) is 0 Å². The topological polar surface area (TPSA) is 8.17 Å². The van der Waals surface area contributed by atoms with E-state index < -0.39 is 0 Å².